The number of phenolic OH excluding ortho intramolecular Hbond substituents is 1. The molecular formula is C30H57Cl4O2Si4. The summed E-state index contributed by atoms with van der Waals surface area (Å²) in [6.07, 6.45) is 0. The molecule has 0 heterocycles. The number of hydrogen-bond acceptors (Lipinski definition) is 2. The van der Waals surface area contributed by atoms with Gasteiger partial charge < -0.3 is 9.53 Å². The SMILES string of the molecule is CC(C)[Si](C(C)C)[Si](C(C)C)(C(C)C)[Si](C(C)C)(C(C)C)[Si](Oc1c(Cl)c(Cl)c(O)c(Cl)c1Cl)(C(C)C)C(C)C. The molecule has 10 heteroatoms. The standard InChI is InChI=1S/C30H57Cl4O2Si4/c1-17(2)37(18(3)4)39(21(9)10,22(11)12)40(23(13)14,24(15)16)38(19(5)6,20(7)8)36-30-27(33)25(31)29(35)26(32)28(30)34/h17-24,35H,1-16H3. The molecule has 0 aliphatic carbocycles. The van der Waals surface area contributed by atoms with E-state index in [1.807, 2.05) is 0 Å². The van der Waals surface area contributed by atoms with Crippen LogP contribution in [0.2, 0.25) is 64.4 Å². The van der Waals surface area contributed by atoms with Crippen LogP contribution in [0.15, 0.2) is 0 Å². The maximum absolute atomic E-state index is 10.6. The zero-order valence-corrected chi connectivity index (χ0v) is 35.0. The average Bonchev–Trinajstić information content (AvgIpc) is 2.80. The molecule has 0 spiro atoms. The maximum atomic E-state index is 10.6. The molecule has 1 radical (unpaired) electrons. The van der Waals surface area contributed by atoms with E-state index in [4.69, 9.17) is 50.8 Å². The first kappa shape index (κ1) is 38.9. The minimum absolute atomic E-state index is 0.00757. The molecule has 0 saturated carbocycles. The highest BCUT2D eigenvalue weighted by molar-refractivity contribution is 7.82. The van der Waals surface area contributed by atoms with Gasteiger partial charge in [-0.2, -0.15) is 0 Å². The highest BCUT2D eigenvalue weighted by Crippen LogP contribution is 2.63. The molecule has 1 rings (SSSR count). The van der Waals surface area contributed by atoms with E-state index >= 15 is 0 Å². The first-order valence-electron chi connectivity index (χ1n) is 15.2. The molecule has 40 heavy (non-hydrogen) atoms. The molecule has 1 aromatic carbocycles. The Morgan fingerprint density at radius 3 is 1.07 bits per heavy atom. The van der Waals surface area contributed by atoms with Gasteiger partial charge in [0.15, 0.2) is 5.75 Å². The summed E-state index contributed by atoms with van der Waals surface area (Å²) < 4.78 is 7.72. The summed E-state index contributed by atoms with van der Waals surface area (Å²) in [4.78, 5) is 0. The summed E-state index contributed by atoms with van der Waals surface area (Å²) in [5.41, 5.74) is 4.23. The Labute approximate surface area is 271 Å². The lowest BCUT2D eigenvalue weighted by Gasteiger charge is -2.69. The van der Waals surface area contributed by atoms with Gasteiger partial charge in [-0.05, 0) is 11.1 Å². The fourth-order valence-corrected chi connectivity index (χ4v) is 106. The second-order valence-corrected chi connectivity index (χ2v) is 48.2. The van der Waals surface area contributed by atoms with E-state index in [1.165, 1.54) is 0 Å². The number of benzene rings is 1. The van der Waals surface area contributed by atoms with Crippen molar-refractivity contribution in [3.8, 4) is 11.5 Å². The van der Waals surface area contributed by atoms with E-state index in [9.17, 15) is 5.11 Å². The Morgan fingerprint density at radius 1 is 0.525 bits per heavy atom. The van der Waals surface area contributed by atoms with Gasteiger partial charge >= 0.3 is 0 Å². The van der Waals surface area contributed by atoms with Gasteiger partial charge in [-0.25, -0.2) is 0 Å². The van der Waals surface area contributed by atoms with Crippen LogP contribution in [0.25, 0.3) is 0 Å². The van der Waals surface area contributed by atoms with Crippen LogP contribution in [0.4, 0.5) is 0 Å². The normalized spacial score (nSPS) is 14.1. The van der Waals surface area contributed by atoms with Crippen LogP contribution >= 0.6 is 46.4 Å². The van der Waals surface area contributed by atoms with Gasteiger partial charge in [0, 0.05) is 15.4 Å². The molecule has 233 valence electrons. The molecule has 0 aliphatic heterocycles. The molecule has 0 amide bonds. The van der Waals surface area contributed by atoms with Crippen molar-refractivity contribution in [1.29, 1.82) is 0 Å². The number of halogens is 4. The van der Waals surface area contributed by atoms with Crippen LogP contribution in [-0.4, -0.2) is 35.5 Å². The molecule has 1 aromatic rings. The topological polar surface area (TPSA) is 29.5 Å². The molecule has 0 atom stereocenters. The maximum Gasteiger partial charge on any atom is 0.238 e. The molecule has 0 saturated heterocycles. The van der Waals surface area contributed by atoms with Crippen molar-refractivity contribution in [1.82, 2.24) is 0 Å². The third kappa shape index (κ3) is 5.81. The second-order valence-electron chi connectivity index (χ2n) is 14.3. The molecule has 2 nitrogen and oxygen atoms in total. The second kappa shape index (κ2) is 14.3. The van der Waals surface area contributed by atoms with Crippen molar-refractivity contribution in [3.05, 3.63) is 20.1 Å². The lowest BCUT2D eigenvalue weighted by molar-refractivity contribution is 0.472. The van der Waals surface area contributed by atoms with Gasteiger partial charge in [0.05, 0.1) is 7.11 Å². The molecule has 0 unspecified atom stereocenters. The average molecular weight is 704 g/mol. The Balaban J connectivity index is 4.72. The van der Waals surface area contributed by atoms with Gasteiger partial charge in [0.25, 0.3) is 0 Å². The molecule has 1 N–H and O–H groups in total. The number of hydrogen-bond donors (Lipinski definition) is 1. The van der Waals surface area contributed by atoms with Crippen molar-refractivity contribution >= 4 is 76.8 Å². The number of phenols is 1. The monoisotopic (exact) mass is 701 g/mol. The molecule has 0 fully saturated rings. The molecule has 0 aliphatic rings. The van der Waals surface area contributed by atoms with Crippen LogP contribution in [0.1, 0.15) is 111 Å². The predicted octanol–water partition coefficient (Wildman–Crippen LogP) is 13.2. The minimum Gasteiger partial charge on any atom is -0.544 e. The van der Waals surface area contributed by atoms with E-state index < -0.39 is 30.4 Å². The Bertz CT molecular complexity index is 949. The van der Waals surface area contributed by atoms with Gasteiger partial charge in [0.2, 0.25) is 7.83 Å². The fourth-order valence-electron chi connectivity index (χ4n) is 9.80. The summed E-state index contributed by atoms with van der Waals surface area (Å²) in [6.45, 7) is 39.9. The number of aromatic hydroxyl groups is 1. The van der Waals surface area contributed by atoms with Crippen molar-refractivity contribution in [2.24, 2.45) is 0 Å². The van der Waals surface area contributed by atoms with Crippen LogP contribution in [0, 0.1) is 0 Å². The first-order chi connectivity index (χ1) is 18.1. The van der Waals surface area contributed by atoms with Crippen LogP contribution < -0.4 is 4.43 Å². The zero-order chi connectivity index (χ0) is 31.9. The summed E-state index contributed by atoms with van der Waals surface area (Å²) in [7, 11) is -8.10. The molecule has 0 aromatic heterocycles. The highest BCUT2D eigenvalue weighted by Gasteiger charge is 2.77. The summed E-state index contributed by atoms with van der Waals surface area (Å²) in [5, 5.41) is 10.9. The predicted molar refractivity (Wildman–Crippen MR) is 193 cm³/mol. The quantitative estimate of drug-likeness (QED) is 0.164. The first-order valence-corrected chi connectivity index (χ1v) is 27.7. The Hall–Kier alpha value is 0.848. The van der Waals surface area contributed by atoms with Gasteiger partial charge in [-0.1, -0.05) is 190 Å². The van der Waals surface area contributed by atoms with Crippen molar-refractivity contribution < 1.29 is 9.53 Å². The Kier molecular flexibility index (Phi) is 13.9. The van der Waals surface area contributed by atoms with Crippen LogP contribution in [-0.2, 0) is 0 Å². The van der Waals surface area contributed by atoms with Crippen LogP contribution in [0.3, 0.4) is 0 Å². The van der Waals surface area contributed by atoms with Crippen molar-refractivity contribution in [2.75, 3.05) is 0 Å². The zero-order valence-electron chi connectivity index (χ0n) is 28.0. The van der Waals surface area contributed by atoms with Crippen molar-refractivity contribution in [3.63, 3.8) is 0 Å². The highest BCUT2D eigenvalue weighted by atomic mass is 35.5. The largest absolute Gasteiger partial charge is 0.544 e. The van der Waals surface area contributed by atoms with E-state index in [2.05, 4.69) is 111 Å². The van der Waals surface area contributed by atoms with E-state index in [0.29, 0.717) is 50.1 Å². The van der Waals surface area contributed by atoms with Gasteiger partial charge in [-0.3, -0.25) is 0 Å². The van der Waals surface area contributed by atoms with Crippen molar-refractivity contribution in [2.45, 2.75) is 155 Å². The summed E-state index contributed by atoms with van der Waals surface area (Å²) in [6, 6.07) is 0. The van der Waals surface area contributed by atoms with Crippen LogP contribution in [0.5, 0.6) is 11.5 Å². The van der Waals surface area contributed by atoms with E-state index in [1.54, 1.807) is 0 Å². The Morgan fingerprint density at radius 2 is 0.850 bits per heavy atom. The minimum atomic E-state index is -2.78. The lowest BCUT2D eigenvalue weighted by Crippen LogP contribution is -2.90. The third-order valence-electron chi connectivity index (χ3n) is 9.88. The molecule has 0 bridgehead atoms. The lowest BCUT2D eigenvalue weighted by atomic mass is 10.3. The summed E-state index contributed by atoms with van der Waals surface area (Å²) >= 11 is 26.9. The number of rotatable bonds is 13. The summed E-state index contributed by atoms with van der Waals surface area (Å²) in [5.74, 6) is 0.0862. The van der Waals surface area contributed by atoms with Gasteiger partial charge in [-0.15, -0.1) is 0 Å². The fraction of sp³-hybridized carbons (Fsp3) is 0.800. The molecular weight excluding hydrogens is 646 g/mol. The third-order valence-corrected chi connectivity index (χ3v) is 76.7. The van der Waals surface area contributed by atoms with Gasteiger partial charge in [0.1, 0.15) is 25.8 Å². The smallest absolute Gasteiger partial charge is 0.238 e. The van der Waals surface area contributed by atoms with E-state index in [0.717, 1.165) is 0 Å². The van der Waals surface area contributed by atoms with E-state index in [-0.39, 0.29) is 25.8 Å².